The first-order valence-electron chi connectivity index (χ1n) is 15.3. The summed E-state index contributed by atoms with van der Waals surface area (Å²) in [5, 5.41) is 8.48. The zero-order valence-electron chi connectivity index (χ0n) is 25.6. The molecule has 3 aromatic rings. The van der Waals surface area contributed by atoms with Crippen LogP contribution in [0.4, 0.5) is 26.7 Å². The maximum absolute atomic E-state index is 14.4. The van der Waals surface area contributed by atoms with Crippen molar-refractivity contribution in [2.24, 2.45) is 5.92 Å². The lowest BCUT2D eigenvalue weighted by Gasteiger charge is -2.45. The molecule has 4 heterocycles. The Labute approximate surface area is 261 Å². The summed E-state index contributed by atoms with van der Waals surface area (Å²) in [7, 11) is 1.28. The fourth-order valence-corrected chi connectivity index (χ4v) is 6.61. The average Bonchev–Trinajstić information content (AvgIpc) is 3.03. The Morgan fingerprint density at radius 3 is 2.71 bits per heavy atom. The van der Waals surface area contributed by atoms with Gasteiger partial charge in [0.2, 0.25) is 11.8 Å². The third-order valence-electron chi connectivity index (χ3n) is 8.99. The highest BCUT2D eigenvalue weighted by Gasteiger charge is 2.47. The van der Waals surface area contributed by atoms with Crippen LogP contribution in [-0.2, 0) is 24.7 Å². The van der Waals surface area contributed by atoms with Crippen LogP contribution in [0.3, 0.4) is 0 Å². The highest BCUT2D eigenvalue weighted by molar-refractivity contribution is 5.98. The predicted octanol–water partition coefficient (Wildman–Crippen LogP) is 6.16. The normalized spacial score (nSPS) is 22.8. The van der Waals surface area contributed by atoms with Crippen LogP contribution >= 0.6 is 0 Å². The fraction of sp³-hybridized carbons (Fsp3) is 0.382. The van der Waals surface area contributed by atoms with Crippen molar-refractivity contribution in [3.05, 3.63) is 71.5 Å². The Hall–Kier alpha value is -4.93. The maximum Gasteiger partial charge on any atom is 0.412 e. The van der Waals surface area contributed by atoms with Gasteiger partial charge in [-0.25, -0.2) is 9.59 Å². The molecule has 45 heavy (non-hydrogen) atoms. The van der Waals surface area contributed by atoms with Gasteiger partial charge in [-0.3, -0.25) is 25.2 Å². The Balaban J connectivity index is 1.35. The van der Waals surface area contributed by atoms with E-state index in [2.05, 4.69) is 20.9 Å². The molecule has 11 heteroatoms. The number of benzene rings is 2. The molecular formula is C34H37N5O6. The summed E-state index contributed by atoms with van der Waals surface area (Å²) in [4.78, 5) is 58.6. The van der Waals surface area contributed by atoms with Gasteiger partial charge >= 0.3 is 12.2 Å². The van der Waals surface area contributed by atoms with Crippen LogP contribution in [-0.4, -0.2) is 54.1 Å². The molecule has 3 aliphatic rings. The minimum atomic E-state index is -0.931. The number of aryl methyl sites for hydroxylation is 1. The first kappa shape index (κ1) is 30.1. The number of aromatic nitrogens is 1. The summed E-state index contributed by atoms with van der Waals surface area (Å²) in [5.41, 5.74) is 4.85. The van der Waals surface area contributed by atoms with Crippen molar-refractivity contribution in [2.45, 2.75) is 57.5 Å². The second-order valence-electron chi connectivity index (χ2n) is 12.1. The Morgan fingerprint density at radius 2 is 1.89 bits per heavy atom. The average molecular weight is 612 g/mol. The van der Waals surface area contributed by atoms with Gasteiger partial charge in [0.1, 0.15) is 0 Å². The smallest absolute Gasteiger partial charge is 0.412 e. The van der Waals surface area contributed by atoms with E-state index < -0.39 is 23.7 Å². The molecule has 234 valence electrons. The van der Waals surface area contributed by atoms with Crippen molar-refractivity contribution in [1.29, 1.82) is 0 Å². The van der Waals surface area contributed by atoms with Gasteiger partial charge in [0.25, 0.3) is 0 Å². The highest BCUT2D eigenvalue weighted by atomic mass is 16.6. The van der Waals surface area contributed by atoms with Crippen LogP contribution in [0, 0.1) is 12.8 Å². The molecule has 6 rings (SSSR count). The monoisotopic (exact) mass is 611 g/mol. The molecule has 1 spiro atoms. The van der Waals surface area contributed by atoms with Gasteiger partial charge < -0.3 is 19.7 Å². The molecule has 3 aliphatic heterocycles. The molecule has 3 N–H and O–H groups in total. The number of anilines is 3. The van der Waals surface area contributed by atoms with Crippen molar-refractivity contribution in [3.8, 4) is 11.1 Å². The van der Waals surface area contributed by atoms with Gasteiger partial charge in [-0.05, 0) is 74.6 Å². The summed E-state index contributed by atoms with van der Waals surface area (Å²) < 4.78 is 10.7. The van der Waals surface area contributed by atoms with Crippen LogP contribution in [0.25, 0.3) is 11.1 Å². The van der Waals surface area contributed by atoms with E-state index in [-0.39, 0.29) is 24.3 Å². The van der Waals surface area contributed by atoms with Gasteiger partial charge in [0.05, 0.1) is 36.6 Å². The topological polar surface area (TPSA) is 139 Å². The molecule has 2 unspecified atom stereocenters. The van der Waals surface area contributed by atoms with Crippen LogP contribution < -0.4 is 16.0 Å². The van der Waals surface area contributed by atoms with Crippen LogP contribution in [0.1, 0.15) is 61.8 Å². The van der Waals surface area contributed by atoms with Gasteiger partial charge in [0, 0.05) is 35.5 Å². The minimum absolute atomic E-state index is 0.0745. The van der Waals surface area contributed by atoms with E-state index >= 15 is 0 Å². The standard InChI is InChI=1S/C34H37N5O6/c1-20-8-11-27-26(16-20)34(45-33(43)38-27)13-5-15-39(19-34)31(41)25-7-4-6-21(2)30(40)37-29-18-23(36-32(42)44-3)9-10-24(29)22-12-14-35-28(25)17-22/h8-12,14,16-18,21,25H,4-7,13,15,19H2,1-3H3,(H,36,42)(H,37,40)(H,38,43)/t21?,25?,34-/m0/s1. The van der Waals surface area contributed by atoms with Crippen molar-refractivity contribution in [3.63, 3.8) is 0 Å². The lowest BCUT2D eigenvalue weighted by molar-refractivity contribution is -0.141. The largest absolute Gasteiger partial charge is 0.453 e. The zero-order chi connectivity index (χ0) is 31.7. The molecule has 4 amide bonds. The number of hydrogen-bond acceptors (Lipinski definition) is 7. The summed E-state index contributed by atoms with van der Waals surface area (Å²) in [5.74, 6) is -1.09. The number of amides is 4. The van der Waals surface area contributed by atoms with E-state index in [4.69, 9.17) is 9.47 Å². The van der Waals surface area contributed by atoms with Crippen molar-refractivity contribution in [2.75, 3.05) is 36.1 Å². The van der Waals surface area contributed by atoms with Gasteiger partial charge in [-0.15, -0.1) is 0 Å². The first-order valence-corrected chi connectivity index (χ1v) is 15.3. The number of methoxy groups -OCH3 is 1. The Morgan fingerprint density at radius 1 is 1.04 bits per heavy atom. The number of carbonyl (C=O) groups is 4. The number of piperidine rings is 1. The summed E-state index contributed by atoms with van der Waals surface area (Å²) in [6, 6.07) is 14.8. The van der Waals surface area contributed by atoms with E-state index in [1.54, 1.807) is 18.3 Å². The number of nitrogens with zero attached hydrogens (tertiary/aromatic N) is 2. The molecule has 1 aromatic heterocycles. The summed E-state index contributed by atoms with van der Waals surface area (Å²) in [6.07, 6.45) is 3.57. The number of rotatable bonds is 2. The lowest BCUT2D eigenvalue weighted by Crippen LogP contribution is -2.54. The van der Waals surface area contributed by atoms with Gasteiger partial charge in [-0.2, -0.15) is 0 Å². The van der Waals surface area contributed by atoms with E-state index in [0.717, 1.165) is 22.3 Å². The van der Waals surface area contributed by atoms with Crippen LogP contribution in [0.5, 0.6) is 0 Å². The third kappa shape index (κ3) is 6.07. The quantitative estimate of drug-likeness (QED) is 0.316. The van der Waals surface area contributed by atoms with E-state index in [1.165, 1.54) is 7.11 Å². The Kier molecular flexibility index (Phi) is 8.18. The zero-order valence-corrected chi connectivity index (χ0v) is 25.6. The number of likely N-dealkylation sites (tertiary alicyclic amines) is 1. The molecule has 0 radical (unpaired) electrons. The molecule has 1 fully saturated rings. The maximum atomic E-state index is 14.4. The fourth-order valence-electron chi connectivity index (χ4n) is 6.61. The molecule has 11 nitrogen and oxygen atoms in total. The molecule has 2 aromatic carbocycles. The molecule has 0 aliphatic carbocycles. The van der Waals surface area contributed by atoms with Crippen LogP contribution in [0.2, 0.25) is 0 Å². The van der Waals surface area contributed by atoms with Gasteiger partial charge in [0.15, 0.2) is 5.60 Å². The molecule has 1 saturated heterocycles. The van der Waals surface area contributed by atoms with Gasteiger partial charge in [-0.1, -0.05) is 31.0 Å². The molecule has 3 atom stereocenters. The van der Waals surface area contributed by atoms with E-state index in [0.29, 0.717) is 61.4 Å². The first-order chi connectivity index (χ1) is 21.7. The number of ether oxygens (including phenoxy) is 2. The second-order valence-corrected chi connectivity index (χ2v) is 12.1. The predicted molar refractivity (Wildman–Crippen MR) is 169 cm³/mol. The molecular weight excluding hydrogens is 574 g/mol. The number of nitrogens with one attached hydrogen (secondary N) is 3. The second kappa shape index (κ2) is 12.2. The number of fused-ring (bicyclic) bond motifs is 6. The molecule has 0 saturated carbocycles. The minimum Gasteiger partial charge on any atom is -0.453 e. The summed E-state index contributed by atoms with van der Waals surface area (Å²) in [6.45, 7) is 4.66. The number of pyridine rings is 1. The van der Waals surface area contributed by atoms with Crippen LogP contribution in [0.15, 0.2) is 54.7 Å². The SMILES string of the molecule is COC(=O)Nc1ccc2c(c1)NC(=O)C(C)CCCC(C(=O)N1CCC[C@@]3(C1)OC(=O)Nc1ccc(C)cc13)c1cc-2ccn1. The lowest BCUT2D eigenvalue weighted by atomic mass is 9.82. The number of hydrogen-bond donors (Lipinski definition) is 3. The highest BCUT2D eigenvalue weighted by Crippen LogP contribution is 2.44. The third-order valence-corrected chi connectivity index (χ3v) is 8.99. The van der Waals surface area contributed by atoms with E-state index in [1.807, 2.05) is 55.1 Å². The Bertz CT molecular complexity index is 1670. The van der Waals surface area contributed by atoms with Crippen molar-refractivity contribution in [1.82, 2.24) is 9.88 Å². The van der Waals surface area contributed by atoms with Crippen molar-refractivity contribution >= 4 is 41.1 Å². The molecule has 2 bridgehead atoms. The van der Waals surface area contributed by atoms with E-state index in [9.17, 15) is 19.2 Å². The van der Waals surface area contributed by atoms with Crippen molar-refractivity contribution < 1.29 is 28.7 Å². The number of carbonyl (C=O) groups excluding carboxylic acids is 4. The summed E-state index contributed by atoms with van der Waals surface area (Å²) >= 11 is 0.